The highest BCUT2D eigenvalue weighted by molar-refractivity contribution is 8.00. The molecule has 60 valence electrons. The average Bonchev–Trinajstić information content (AvgIpc) is 1.84. The van der Waals surface area contributed by atoms with Gasteiger partial charge in [-0.25, -0.2) is 0 Å². The molecule has 0 radical (unpaired) electrons. The van der Waals surface area contributed by atoms with Gasteiger partial charge in [0.15, 0.2) is 0 Å². The van der Waals surface area contributed by atoms with E-state index >= 15 is 0 Å². The lowest BCUT2D eigenvalue weighted by Crippen LogP contribution is -2.35. The van der Waals surface area contributed by atoms with Gasteiger partial charge in [0.2, 0.25) is 0 Å². The molecule has 0 aromatic carbocycles. The summed E-state index contributed by atoms with van der Waals surface area (Å²) in [6.45, 7) is 3.11. The second-order valence-electron chi connectivity index (χ2n) is 3.01. The molecule has 0 spiro atoms. The van der Waals surface area contributed by atoms with Gasteiger partial charge in [0.25, 0.3) is 0 Å². The largest absolute Gasteiger partial charge is 0.330 e. The summed E-state index contributed by atoms with van der Waals surface area (Å²) in [7, 11) is 0. The fourth-order valence-corrected chi connectivity index (χ4v) is 3.06. The molecular weight excluding hydrogens is 142 g/mol. The van der Waals surface area contributed by atoms with Crippen molar-refractivity contribution < 1.29 is 0 Å². The predicted molar refractivity (Wildman–Crippen MR) is 48.4 cm³/mol. The molecule has 2 N–H and O–H groups in total. The van der Waals surface area contributed by atoms with Crippen molar-refractivity contribution >= 4 is 11.8 Å². The van der Waals surface area contributed by atoms with Crippen molar-refractivity contribution in [3.63, 3.8) is 0 Å². The van der Waals surface area contributed by atoms with Gasteiger partial charge in [0.05, 0.1) is 0 Å². The molecule has 2 heteroatoms. The minimum Gasteiger partial charge on any atom is -0.330 e. The summed E-state index contributed by atoms with van der Waals surface area (Å²) in [5.74, 6) is 1.25. The molecule has 0 atom stereocenters. The second-order valence-corrected chi connectivity index (χ2v) is 4.74. The summed E-state index contributed by atoms with van der Waals surface area (Å²) in [5, 5.41) is 0. The molecule has 0 heterocycles. The maximum Gasteiger partial charge on any atom is 0.0172 e. The van der Waals surface area contributed by atoms with Crippen molar-refractivity contribution in [3.8, 4) is 0 Å². The van der Waals surface area contributed by atoms with Gasteiger partial charge in [-0.15, -0.1) is 0 Å². The van der Waals surface area contributed by atoms with Crippen LogP contribution in [0.4, 0.5) is 0 Å². The molecule has 0 saturated heterocycles. The van der Waals surface area contributed by atoms with E-state index in [-0.39, 0.29) is 0 Å². The molecule has 1 aliphatic rings. The first-order valence-electron chi connectivity index (χ1n) is 4.17. The molecule has 0 aliphatic heterocycles. The van der Waals surface area contributed by atoms with Gasteiger partial charge >= 0.3 is 0 Å². The molecule has 0 aromatic rings. The maximum atomic E-state index is 5.54. The van der Waals surface area contributed by atoms with Crippen LogP contribution in [0.5, 0.6) is 0 Å². The third kappa shape index (κ3) is 1.67. The Labute approximate surface area is 67.8 Å². The van der Waals surface area contributed by atoms with Gasteiger partial charge in [-0.3, -0.25) is 0 Å². The molecule has 0 unspecified atom stereocenters. The van der Waals surface area contributed by atoms with Crippen LogP contribution in [0.15, 0.2) is 0 Å². The quantitative estimate of drug-likeness (QED) is 0.679. The summed E-state index contributed by atoms with van der Waals surface area (Å²) in [5.41, 5.74) is 5.54. The van der Waals surface area contributed by atoms with Crippen LogP contribution in [-0.4, -0.2) is 17.0 Å². The molecule has 1 fully saturated rings. The average molecular weight is 159 g/mol. The second kappa shape index (κ2) is 3.63. The molecule has 0 bridgehead atoms. The number of rotatable bonds is 4. The summed E-state index contributed by atoms with van der Waals surface area (Å²) in [6, 6.07) is 0. The minimum absolute atomic E-state index is 0.615. The van der Waals surface area contributed by atoms with E-state index in [4.69, 9.17) is 5.73 Å². The summed E-state index contributed by atoms with van der Waals surface area (Å²) in [4.78, 5) is 0. The summed E-state index contributed by atoms with van der Waals surface area (Å²) < 4.78 is 0.615. The highest BCUT2D eigenvalue weighted by Crippen LogP contribution is 2.46. The lowest BCUT2D eigenvalue weighted by atomic mass is 9.82. The number of thioether (sulfide) groups is 1. The van der Waals surface area contributed by atoms with Crippen LogP contribution in [0, 0.1) is 0 Å². The van der Waals surface area contributed by atoms with Crippen LogP contribution in [-0.2, 0) is 0 Å². The maximum absolute atomic E-state index is 5.54. The van der Waals surface area contributed by atoms with Gasteiger partial charge in [0, 0.05) is 4.75 Å². The fraction of sp³-hybridized carbons (Fsp3) is 1.00. The predicted octanol–water partition coefficient (Wildman–Crippen LogP) is 2.01. The van der Waals surface area contributed by atoms with Crippen molar-refractivity contribution in [2.45, 2.75) is 37.4 Å². The van der Waals surface area contributed by atoms with Gasteiger partial charge < -0.3 is 5.73 Å². The van der Waals surface area contributed by atoms with E-state index in [1.165, 1.54) is 31.4 Å². The number of hydrogen-bond acceptors (Lipinski definition) is 2. The fourth-order valence-electron chi connectivity index (χ4n) is 1.61. The topological polar surface area (TPSA) is 26.0 Å². The molecule has 0 aromatic heterocycles. The van der Waals surface area contributed by atoms with Crippen LogP contribution in [0.1, 0.15) is 32.6 Å². The molecule has 1 saturated carbocycles. The first kappa shape index (κ1) is 8.41. The van der Waals surface area contributed by atoms with Crippen LogP contribution in [0.25, 0.3) is 0 Å². The Hall–Kier alpha value is 0.310. The van der Waals surface area contributed by atoms with Crippen molar-refractivity contribution in [2.24, 2.45) is 5.73 Å². The zero-order valence-electron chi connectivity index (χ0n) is 6.73. The Morgan fingerprint density at radius 1 is 1.50 bits per heavy atom. The monoisotopic (exact) mass is 159 g/mol. The number of hydrogen-bond donors (Lipinski definition) is 1. The third-order valence-electron chi connectivity index (χ3n) is 2.32. The number of nitrogens with two attached hydrogens (primary N) is 1. The van der Waals surface area contributed by atoms with E-state index in [0.717, 1.165) is 6.54 Å². The third-order valence-corrected chi connectivity index (χ3v) is 3.83. The Morgan fingerprint density at radius 3 is 2.50 bits per heavy atom. The van der Waals surface area contributed by atoms with Crippen molar-refractivity contribution in [3.05, 3.63) is 0 Å². The van der Waals surface area contributed by atoms with E-state index in [1.807, 2.05) is 0 Å². The van der Waals surface area contributed by atoms with E-state index in [1.54, 1.807) is 0 Å². The first-order chi connectivity index (χ1) is 4.83. The highest BCUT2D eigenvalue weighted by Gasteiger charge is 2.35. The molecular formula is C8H17NS. The van der Waals surface area contributed by atoms with Crippen molar-refractivity contribution in [2.75, 3.05) is 12.3 Å². The lowest BCUT2D eigenvalue weighted by Gasteiger charge is -2.41. The van der Waals surface area contributed by atoms with Crippen LogP contribution in [0.3, 0.4) is 0 Å². The molecule has 1 aliphatic carbocycles. The van der Waals surface area contributed by atoms with Crippen LogP contribution < -0.4 is 5.73 Å². The van der Waals surface area contributed by atoms with Gasteiger partial charge in [-0.1, -0.05) is 13.3 Å². The Balaban J connectivity index is 2.27. The van der Waals surface area contributed by atoms with E-state index < -0.39 is 0 Å². The highest BCUT2D eigenvalue weighted by atomic mass is 32.2. The molecule has 10 heavy (non-hydrogen) atoms. The van der Waals surface area contributed by atoms with Gasteiger partial charge in [-0.2, -0.15) is 11.8 Å². The van der Waals surface area contributed by atoms with E-state index in [9.17, 15) is 0 Å². The molecule has 0 amide bonds. The normalized spacial score (nSPS) is 22.2. The molecule has 1 rings (SSSR count). The van der Waals surface area contributed by atoms with E-state index in [0.29, 0.717) is 4.75 Å². The van der Waals surface area contributed by atoms with E-state index in [2.05, 4.69) is 18.7 Å². The van der Waals surface area contributed by atoms with Crippen molar-refractivity contribution in [1.82, 2.24) is 0 Å². The summed E-state index contributed by atoms with van der Waals surface area (Å²) in [6.07, 6.45) is 5.46. The zero-order valence-corrected chi connectivity index (χ0v) is 7.54. The SMILES string of the molecule is CCSC1(CCN)CCC1. The standard InChI is InChI=1S/C8H17NS/c1-2-10-8(6-7-9)4-3-5-8/h2-7,9H2,1H3. The van der Waals surface area contributed by atoms with Gasteiger partial charge in [-0.05, 0) is 31.6 Å². The summed E-state index contributed by atoms with van der Waals surface area (Å²) >= 11 is 2.11. The first-order valence-corrected chi connectivity index (χ1v) is 5.15. The molecule has 1 nitrogen and oxygen atoms in total. The van der Waals surface area contributed by atoms with Gasteiger partial charge in [0.1, 0.15) is 0 Å². The smallest absolute Gasteiger partial charge is 0.0172 e. The zero-order chi connectivity index (χ0) is 7.45. The van der Waals surface area contributed by atoms with Crippen molar-refractivity contribution in [1.29, 1.82) is 0 Å². The minimum atomic E-state index is 0.615. The Morgan fingerprint density at radius 2 is 2.20 bits per heavy atom. The lowest BCUT2D eigenvalue weighted by molar-refractivity contribution is 0.346. The van der Waals surface area contributed by atoms with Crippen LogP contribution in [0.2, 0.25) is 0 Å². The van der Waals surface area contributed by atoms with Crippen LogP contribution >= 0.6 is 11.8 Å². The Kier molecular flexibility index (Phi) is 3.05. The Bertz CT molecular complexity index is 91.4.